The van der Waals surface area contributed by atoms with Crippen molar-refractivity contribution in [3.05, 3.63) is 65.2 Å². The first-order valence-electron chi connectivity index (χ1n) is 6.30. The lowest BCUT2D eigenvalue weighted by molar-refractivity contribution is 0.0600. The van der Waals surface area contributed by atoms with Crippen LogP contribution in [0.5, 0.6) is 5.75 Å². The number of primary amides is 1. The van der Waals surface area contributed by atoms with Gasteiger partial charge in [-0.25, -0.2) is 4.79 Å². The summed E-state index contributed by atoms with van der Waals surface area (Å²) in [4.78, 5) is 22.4. The van der Waals surface area contributed by atoms with Crippen LogP contribution in [-0.2, 0) is 11.3 Å². The van der Waals surface area contributed by atoms with Gasteiger partial charge in [-0.1, -0.05) is 12.1 Å². The molecule has 0 aliphatic carbocycles. The van der Waals surface area contributed by atoms with E-state index in [-0.39, 0.29) is 5.97 Å². The fourth-order valence-electron chi connectivity index (χ4n) is 1.79. The minimum Gasteiger partial charge on any atom is -0.489 e. The Kier molecular flexibility index (Phi) is 4.56. The van der Waals surface area contributed by atoms with E-state index in [0.29, 0.717) is 23.5 Å². The lowest BCUT2D eigenvalue weighted by atomic mass is 10.1. The zero-order chi connectivity index (χ0) is 15.2. The molecule has 2 aromatic rings. The topological polar surface area (TPSA) is 78.6 Å². The molecular weight excluding hydrogens is 270 g/mol. The van der Waals surface area contributed by atoms with E-state index in [2.05, 4.69) is 4.74 Å². The molecule has 0 unspecified atom stereocenters. The van der Waals surface area contributed by atoms with Crippen LogP contribution in [0.4, 0.5) is 0 Å². The minimum absolute atomic E-state index is 0.306. The molecule has 0 bridgehead atoms. The van der Waals surface area contributed by atoms with E-state index < -0.39 is 5.91 Å². The SMILES string of the molecule is COC(=O)c1cccc(COc2ccc(C(N)=O)cc2)c1. The van der Waals surface area contributed by atoms with Gasteiger partial charge >= 0.3 is 5.97 Å². The molecule has 5 nitrogen and oxygen atoms in total. The first kappa shape index (κ1) is 14.6. The van der Waals surface area contributed by atoms with E-state index in [1.165, 1.54) is 7.11 Å². The van der Waals surface area contributed by atoms with Gasteiger partial charge in [-0.2, -0.15) is 0 Å². The molecule has 0 saturated heterocycles. The molecule has 2 N–H and O–H groups in total. The van der Waals surface area contributed by atoms with Gasteiger partial charge in [0.05, 0.1) is 12.7 Å². The summed E-state index contributed by atoms with van der Waals surface area (Å²) < 4.78 is 10.3. The second kappa shape index (κ2) is 6.56. The lowest BCUT2D eigenvalue weighted by Gasteiger charge is -2.08. The molecule has 0 aliphatic rings. The van der Waals surface area contributed by atoms with Crippen molar-refractivity contribution in [1.82, 2.24) is 0 Å². The van der Waals surface area contributed by atoms with Crippen molar-refractivity contribution in [3.8, 4) is 5.75 Å². The summed E-state index contributed by atoms with van der Waals surface area (Å²) in [5.41, 5.74) is 6.91. The van der Waals surface area contributed by atoms with E-state index in [4.69, 9.17) is 10.5 Å². The molecule has 0 atom stereocenters. The summed E-state index contributed by atoms with van der Waals surface area (Å²) in [6.07, 6.45) is 0. The summed E-state index contributed by atoms with van der Waals surface area (Å²) in [7, 11) is 1.34. The van der Waals surface area contributed by atoms with Crippen LogP contribution < -0.4 is 10.5 Å². The maximum absolute atomic E-state index is 11.4. The summed E-state index contributed by atoms with van der Waals surface area (Å²) in [5.74, 6) is -0.251. The molecule has 0 fully saturated rings. The van der Waals surface area contributed by atoms with Crippen molar-refractivity contribution in [2.45, 2.75) is 6.61 Å². The maximum Gasteiger partial charge on any atom is 0.337 e. The Morgan fingerprint density at radius 2 is 1.76 bits per heavy atom. The number of rotatable bonds is 5. The van der Waals surface area contributed by atoms with Gasteiger partial charge in [-0.05, 0) is 42.0 Å². The maximum atomic E-state index is 11.4. The van der Waals surface area contributed by atoms with Crippen LogP contribution in [0.2, 0.25) is 0 Å². The highest BCUT2D eigenvalue weighted by Crippen LogP contribution is 2.15. The Morgan fingerprint density at radius 3 is 2.38 bits per heavy atom. The molecule has 0 heterocycles. The second-order valence-corrected chi connectivity index (χ2v) is 4.37. The highest BCUT2D eigenvalue weighted by Gasteiger charge is 2.06. The van der Waals surface area contributed by atoms with Crippen molar-refractivity contribution in [1.29, 1.82) is 0 Å². The predicted octanol–water partition coefficient (Wildman–Crippen LogP) is 2.15. The highest BCUT2D eigenvalue weighted by molar-refractivity contribution is 5.92. The molecule has 1 amide bonds. The van der Waals surface area contributed by atoms with Crippen molar-refractivity contribution in [3.63, 3.8) is 0 Å². The van der Waals surface area contributed by atoms with Crippen LogP contribution in [0.15, 0.2) is 48.5 Å². The molecule has 0 spiro atoms. The van der Waals surface area contributed by atoms with Gasteiger partial charge in [-0.15, -0.1) is 0 Å². The number of hydrogen-bond donors (Lipinski definition) is 1. The molecular formula is C16H15NO4. The predicted molar refractivity (Wildman–Crippen MR) is 77.1 cm³/mol. The molecule has 2 rings (SSSR count). The minimum atomic E-state index is -0.479. The van der Waals surface area contributed by atoms with E-state index in [9.17, 15) is 9.59 Å². The highest BCUT2D eigenvalue weighted by atomic mass is 16.5. The van der Waals surface area contributed by atoms with Gasteiger partial charge in [0.2, 0.25) is 5.91 Å². The van der Waals surface area contributed by atoms with Crippen molar-refractivity contribution in [2.24, 2.45) is 5.73 Å². The molecule has 108 valence electrons. The van der Waals surface area contributed by atoms with Crippen LogP contribution in [0, 0.1) is 0 Å². The average molecular weight is 285 g/mol. The largest absolute Gasteiger partial charge is 0.489 e. The van der Waals surface area contributed by atoms with Crippen molar-refractivity contribution >= 4 is 11.9 Å². The van der Waals surface area contributed by atoms with Crippen molar-refractivity contribution < 1.29 is 19.1 Å². The van der Waals surface area contributed by atoms with Crippen LogP contribution >= 0.6 is 0 Å². The first-order valence-corrected chi connectivity index (χ1v) is 6.30. The van der Waals surface area contributed by atoms with E-state index >= 15 is 0 Å². The molecule has 0 aromatic heterocycles. The molecule has 21 heavy (non-hydrogen) atoms. The van der Waals surface area contributed by atoms with Crippen LogP contribution in [0.25, 0.3) is 0 Å². The second-order valence-electron chi connectivity index (χ2n) is 4.37. The first-order chi connectivity index (χ1) is 10.1. The zero-order valence-electron chi connectivity index (χ0n) is 11.5. The molecule has 0 saturated carbocycles. The van der Waals surface area contributed by atoms with Gasteiger partial charge in [0.1, 0.15) is 12.4 Å². The summed E-state index contributed by atoms with van der Waals surface area (Å²) in [6.45, 7) is 0.306. The van der Waals surface area contributed by atoms with Gasteiger partial charge in [-0.3, -0.25) is 4.79 Å². The fraction of sp³-hybridized carbons (Fsp3) is 0.125. The number of benzene rings is 2. The molecule has 5 heteroatoms. The molecule has 2 aromatic carbocycles. The van der Waals surface area contributed by atoms with Crippen LogP contribution in [0.3, 0.4) is 0 Å². The smallest absolute Gasteiger partial charge is 0.337 e. The third kappa shape index (κ3) is 3.82. The Labute approximate surface area is 122 Å². The molecule has 0 radical (unpaired) electrons. The average Bonchev–Trinajstić information content (AvgIpc) is 2.52. The quantitative estimate of drug-likeness (QED) is 0.854. The third-order valence-corrected chi connectivity index (χ3v) is 2.89. The molecule has 0 aliphatic heterocycles. The number of amides is 1. The van der Waals surface area contributed by atoms with Gasteiger partial charge in [0.25, 0.3) is 0 Å². The summed E-state index contributed by atoms with van der Waals surface area (Å²) >= 11 is 0. The number of ether oxygens (including phenoxy) is 2. The monoisotopic (exact) mass is 285 g/mol. The number of carbonyl (C=O) groups is 2. The standard InChI is InChI=1S/C16H15NO4/c1-20-16(19)13-4-2-3-11(9-13)10-21-14-7-5-12(6-8-14)15(17)18/h2-9H,10H2,1H3,(H2,17,18). The summed E-state index contributed by atoms with van der Waals surface area (Å²) in [6, 6.07) is 13.5. The summed E-state index contributed by atoms with van der Waals surface area (Å²) in [5, 5.41) is 0. The van der Waals surface area contributed by atoms with Gasteiger partial charge in [0, 0.05) is 5.56 Å². The Balaban J connectivity index is 2.02. The fourth-order valence-corrected chi connectivity index (χ4v) is 1.79. The van der Waals surface area contributed by atoms with Crippen LogP contribution in [-0.4, -0.2) is 19.0 Å². The zero-order valence-corrected chi connectivity index (χ0v) is 11.5. The normalized spacial score (nSPS) is 9.95. The number of methoxy groups -OCH3 is 1. The number of hydrogen-bond acceptors (Lipinski definition) is 4. The van der Waals surface area contributed by atoms with Gasteiger partial charge < -0.3 is 15.2 Å². The third-order valence-electron chi connectivity index (χ3n) is 2.89. The number of nitrogens with two attached hydrogens (primary N) is 1. The van der Waals surface area contributed by atoms with E-state index in [1.807, 2.05) is 6.07 Å². The number of esters is 1. The Bertz CT molecular complexity index is 650. The Morgan fingerprint density at radius 1 is 1.05 bits per heavy atom. The number of carbonyl (C=O) groups excluding carboxylic acids is 2. The van der Waals surface area contributed by atoms with Gasteiger partial charge in [0.15, 0.2) is 0 Å². The van der Waals surface area contributed by atoms with E-state index in [1.54, 1.807) is 42.5 Å². The Hall–Kier alpha value is -2.82. The lowest BCUT2D eigenvalue weighted by Crippen LogP contribution is -2.10. The van der Waals surface area contributed by atoms with Crippen molar-refractivity contribution in [2.75, 3.05) is 7.11 Å². The van der Waals surface area contributed by atoms with E-state index in [0.717, 1.165) is 5.56 Å². The van der Waals surface area contributed by atoms with Crippen LogP contribution in [0.1, 0.15) is 26.3 Å².